The molecule has 1 aliphatic heterocycles. The number of aryl methyl sites for hydroxylation is 2. The van der Waals surface area contributed by atoms with Crippen molar-refractivity contribution in [3.8, 4) is 0 Å². The van der Waals surface area contributed by atoms with Crippen LogP contribution in [0.3, 0.4) is 0 Å². The van der Waals surface area contributed by atoms with Gasteiger partial charge in [0.15, 0.2) is 6.04 Å². The Kier molecular flexibility index (Phi) is 5.12. The molecule has 0 spiro atoms. The lowest BCUT2D eigenvalue weighted by Crippen LogP contribution is -3.14. The van der Waals surface area contributed by atoms with E-state index in [2.05, 4.69) is 45.6 Å². The maximum atomic E-state index is 13.3. The molecule has 30 heavy (non-hydrogen) atoms. The van der Waals surface area contributed by atoms with Crippen LogP contribution in [0.5, 0.6) is 0 Å². The lowest BCUT2D eigenvalue weighted by molar-refractivity contribution is -0.933. The summed E-state index contributed by atoms with van der Waals surface area (Å²) < 4.78 is 7.60. The van der Waals surface area contributed by atoms with Crippen molar-refractivity contribution < 1.29 is 9.64 Å². The van der Waals surface area contributed by atoms with Crippen molar-refractivity contribution in [2.75, 3.05) is 26.3 Å². The summed E-state index contributed by atoms with van der Waals surface area (Å²) in [5.41, 5.74) is 3.82. The van der Waals surface area contributed by atoms with Crippen LogP contribution in [0.25, 0.3) is 10.9 Å². The van der Waals surface area contributed by atoms with Crippen LogP contribution < -0.4 is 10.5 Å². The summed E-state index contributed by atoms with van der Waals surface area (Å²) in [6.45, 7) is 7.13. The number of nitrogens with one attached hydrogen (secondary N) is 2. The van der Waals surface area contributed by atoms with Crippen molar-refractivity contribution in [2.24, 2.45) is 0 Å². The standard InChI is InChI=1S/C22H28N6O2/c1-14-7-8-15(2)19-17(14)13-18(22(29)23-19)20(27-9-11-30-12-10-27)21-24-25-26-28(21)16-5-3-4-6-16/h7-8,13,16,20H,3-6,9-12H2,1-2H3,(H,23,29)/p+1/t20-/m0/s1. The molecule has 2 N–H and O–H groups in total. The number of hydrogen-bond acceptors (Lipinski definition) is 5. The number of hydrogen-bond donors (Lipinski definition) is 2. The molecular formula is C22H29N6O2+. The first-order chi connectivity index (χ1) is 14.6. The van der Waals surface area contributed by atoms with Crippen LogP contribution in [-0.2, 0) is 4.74 Å². The van der Waals surface area contributed by atoms with Gasteiger partial charge in [-0.05, 0) is 54.3 Å². The number of nitrogens with zero attached hydrogens (tertiary/aromatic N) is 4. The van der Waals surface area contributed by atoms with Gasteiger partial charge in [0.1, 0.15) is 13.1 Å². The Balaban J connectivity index is 1.68. The SMILES string of the molecule is Cc1ccc(C)c2[nH]c(=O)c([C@@H](c3nnnn3C3CCCC3)[NH+]3CCOCC3)cc12. The van der Waals surface area contributed by atoms with E-state index < -0.39 is 0 Å². The molecule has 1 aliphatic carbocycles. The molecule has 2 aromatic heterocycles. The Morgan fingerprint density at radius 1 is 1.17 bits per heavy atom. The minimum Gasteiger partial charge on any atom is -0.370 e. The molecule has 0 radical (unpaired) electrons. The molecule has 158 valence electrons. The number of quaternary nitrogens is 1. The Hall–Kier alpha value is -2.58. The summed E-state index contributed by atoms with van der Waals surface area (Å²) in [5.74, 6) is 0.800. The molecule has 1 saturated heterocycles. The number of aromatic amines is 1. The highest BCUT2D eigenvalue weighted by Gasteiger charge is 2.37. The van der Waals surface area contributed by atoms with Crippen molar-refractivity contribution in [1.82, 2.24) is 25.2 Å². The maximum absolute atomic E-state index is 13.3. The number of tetrazole rings is 1. The van der Waals surface area contributed by atoms with Gasteiger partial charge in [0.25, 0.3) is 5.56 Å². The van der Waals surface area contributed by atoms with Crippen molar-refractivity contribution in [1.29, 1.82) is 0 Å². The smallest absolute Gasteiger partial charge is 0.258 e. The van der Waals surface area contributed by atoms with E-state index in [4.69, 9.17) is 4.74 Å². The summed E-state index contributed by atoms with van der Waals surface area (Å²) in [6, 6.07) is 6.34. The topological polar surface area (TPSA) is 90.1 Å². The normalized spacial score (nSPS) is 19.5. The predicted octanol–water partition coefficient (Wildman–Crippen LogP) is 1.25. The second kappa shape index (κ2) is 7.92. The third-order valence-corrected chi connectivity index (χ3v) is 6.77. The van der Waals surface area contributed by atoms with E-state index in [0.29, 0.717) is 19.3 Å². The van der Waals surface area contributed by atoms with Gasteiger partial charge in [-0.25, -0.2) is 4.68 Å². The molecule has 1 saturated carbocycles. The number of benzene rings is 1. The number of fused-ring (bicyclic) bond motifs is 1. The van der Waals surface area contributed by atoms with Crippen LogP contribution in [0, 0.1) is 13.8 Å². The largest absolute Gasteiger partial charge is 0.370 e. The van der Waals surface area contributed by atoms with Crippen LogP contribution in [0.15, 0.2) is 23.0 Å². The number of morpholine rings is 1. The van der Waals surface area contributed by atoms with Gasteiger partial charge in [-0.3, -0.25) is 4.79 Å². The Morgan fingerprint density at radius 3 is 2.67 bits per heavy atom. The fourth-order valence-corrected chi connectivity index (χ4v) is 5.07. The molecule has 2 aliphatic rings. The Morgan fingerprint density at radius 2 is 1.90 bits per heavy atom. The fourth-order valence-electron chi connectivity index (χ4n) is 5.07. The average molecular weight is 410 g/mol. The minimum absolute atomic E-state index is 0.0545. The highest BCUT2D eigenvalue weighted by molar-refractivity contribution is 5.85. The number of ether oxygens (including phenoxy) is 1. The summed E-state index contributed by atoms with van der Waals surface area (Å²) in [4.78, 5) is 17.8. The molecular weight excluding hydrogens is 380 g/mol. The van der Waals surface area contributed by atoms with Gasteiger partial charge in [0.05, 0.1) is 30.3 Å². The van der Waals surface area contributed by atoms with E-state index in [0.717, 1.165) is 59.3 Å². The van der Waals surface area contributed by atoms with Gasteiger partial charge in [-0.1, -0.05) is 25.0 Å². The molecule has 0 amide bonds. The zero-order valence-corrected chi connectivity index (χ0v) is 17.6. The molecule has 5 rings (SSSR count). The molecule has 8 nitrogen and oxygen atoms in total. The highest BCUT2D eigenvalue weighted by atomic mass is 16.5. The number of H-pyrrole nitrogens is 1. The van der Waals surface area contributed by atoms with E-state index in [1.165, 1.54) is 17.7 Å². The third-order valence-electron chi connectivity index (χ3n) is 6.77. The first-order valence-electron chi connectivity index (χ1n) is 11.0. The van der Waals surface area contributed by atoms with Crippen molar-refractivity contribution in [2.45, 2.75) is 51.6 Å². The Labute approximate surface area is 175 Å². The van der Waals surface area contributed by atoms with Gasteiger partial charge in [-0.2, -0.15) is 0 Å². The highest BCUT2D eigenvalue weighted by Crippen LogP contribution is 2.31. The zero-order valence-electron chi connectivity index (χ0n) is 17.6. The van der Waals surface area contributed by atoms with Crippen LogP contribution in [0.4, 0.5) is 0 Å². The van der Waals surface area contributed by atoms with Crippen LogP contribution in [0.1, 0.15) is 60.3 Å². The molecule has 1 aromatic carbocycles. The minimum atomic E-state index is -0.211. The van der Waals surface area contributed by atoms with Crippen LogP contribution >= 0.6 is 0 Å². The van der Waals surface area contributed by atoms with Gasteiger partial charge in [-0.15, -0.1) is 5.10 Å². The van der Waals surface area contributed by atoms with E-state index in [1.54, 1.807) is 0 Å². The third kappa shape index (κ3) is 3.33. The van der Waals surface area contributed by atoms with E-state index >= 15 is 0 Å². The fraction of sp³-hybridized carbons (Fsp3) is 0.545. The van der Waals surface area contributed by atoms with Crippen LogP contribution in [0.2, 0.25) is 0 Å². The number of pyridine rings is 1. The molecule has 0 unspecified atom stereocenters. The predicted molar refractivity (Wildman–Crippen MR) is 113 cm³/mol. The summed E-state index contributed by atoms with van der Waals surface area (Å²) in [5, 5.41) is 13.9. The summed E-state index contributed by atoms with van der Waals surface area (Å²) >= 11 is 0. The first kappa shape index (κ1) is 19.4. The Bertz CT molecular complexity index is 1110. The van der Waals surface area contributed by atoms with Gasteiger partial charge in [0.2, 0.25) is 5.82 Å². The molecule has 8 heteroatoms. The molecule has 2 fully saturated rings. The van der Waals surface area contributed by atoms with E-state index in [9.17, 15) is 4.79 Å². The maximum Gasteiger partial charge on any atom is 0.258 e. The zero-order chi connectivity index (χ0) is 20.7. The van der Waals surface area contributed by atoms with Crippen molar-refractivity contribution in [3.05, 3.63) is 51.1 Å². The van der Waals surface area contributed by atoms with Crippen molar-refractivity contribution >= 4 is 10.9 Å². The summed E-state index contributed by atoms with van der Waals surface area (Å²) in [7, 11) is 0. The average Bonchev–Trinajstić information content (AvgIpc) is 3.45. The molecule has 0 bridgehead atoms. The van der Waals surface area contributed by atoms with E-state index in [1.807, 2.05) is 11.6 Å². The van der Waals surface area contributed by atoms with Gasteiger partial charge >= 0.3 is 0 Å². The second-order valence-corrected chi connectivity index (χ2v) is 8.67. The second-order valence-electron chi connectivity index (χ2n) is 8.67. The number of rotatable bonds is 4. The lowest BCUT2D eigenvalue weighted by Gasteiger charge is -2.31. The van der Waals surface area contributed by atoms with Gasteiger partial charge < -0.3 is 14.6 Å². The monoisotopic (exact) mass is 409 g/mol. The first-order valence-corrected chi connectivity index (χ1v) is 11.0. The molecule has 3 aromatic rings. The lowest BCUT2D eigenvalue weighted by atomic mass is 9.99. The van der Waals surface area contributed by atoms with E-state index in [-0.39, 0.29) is 11.6 Å². The summed E-state index contributed by atoms with van der Waals surface area (Å²) in [6.07, 6.45) is 4.59. The van der Waals surface area contributed by atoms with Gasteiger partial charge in [0, 0.05) is 5.39 Å². The van der Waals surface area contributed by atoms with Crippen molar-refractivity contribution in [3.63, 3.8) is 0 Å². The molecule has 1 atom stereocenters. The number of aromatic nitrogens is 5. The quantitative estimate of drug-likeness (QED) is 0.677. The molecule has 3 heterocycles. The van der Waals surface area contributed by atoms with Crippen LogP contribution in [-0.4, -0.2) is 51.5 Å².